The van der Waals surface area contributed by atoms with Crippen molar-refractivity contribution in [1.82, 2.24) is 9.55 Å². The Morgan fingerprint density at radius 3 is 2.85 bits per heavy atom. The van der Waals surface area contributed by atoms with E-state index < -0.39 is 0 Å². The van der Waals surface area contributed by atoms with Gasteiger partial charge in [-0.3, -0.25) is 0 Å². The second kappa shape index (κ2) is 7.46. The summed E-state index contributed by atoms with van der Waals surface area (Å²) in [5.41, 5.74) is 2.28. The molecule has 0 saturated carbocycles. The van der Waals surface area contributed by atoms with Crippen molar-refractivity contribution in [2.24, 2.45) is 0 Å². The Hall–Kier alpha value is -0.540. The molecule has 0 aliphatic rings. The van der Waals surface area contributed by atoms with Crippen LogP contribution in [-0.2, 0) is 6.42 Å². The second-order valence-corrected chi connectivity index (χ2v) is 6.61. The Kier molecular flexibility index (Phi) is 5.91. The van der Waals surface area contributed by atoms with Crippen molar-refractivity contribution < 1.29 is 0 Å². The van der Waals surface area contributed by atoms with Crippen molar-refractivity contribution in [1.29, 1.82) is 0 Å². The fourth-order valence-electron chi connectivity index (χ4n) is 2.69. The number of alkyl halides is 1. The smallest absolute Gasteiger partial charge is 0.111 e. The third-order valence-electron chi connectivity index (χ3n) is 3.71. The number of aryl methyl sites for hydroxylation is 1. The molecule has 2 nitrogen and oxygen atoms in total. The minimum atomic E-state index is 0.471. The normalized spacial score (nSPS) is 13.0. The molecule has 1 unspecified atom stereocenters. The third-order valence-corrected chi connectivity index (χ3v) is 4.39. The van der Waals surface area contributed by atoms with E-state index in [9.17, 15) is 0 Å². The van der Waals surface area contributed by atoms with Crippen LogP contribution in [0.25, 0.3) is 11.0 Å². The number of aromatic nitrogens is 2. The number of fused-ring (bicyclic) bond motifs is 1. The van der Waals surface area contributed by atoms with Gasteiger partial charge in [0.15, 0.2) is 0 Å². The van der Waals surface area contributed by atoms with Gasteiger partial charge in [-0.05, 0) is 31.5 Å². The highest BCUT2D eigenvalue weighted by molar-refractivity contribution is 9.10. The van der Waals surface area contributed by atoms with Crippen LogP contribution in [-0.4, -0.2) is 15.4 Å². The van der Waals surface area contributed by atoms with Crippen LogP contribution in [0.5, 0.6) is 0 Å². The highest BCUT2D eigenvalue weighted by Crippen LogP contribution is 2.27. The lowest BCUT2D eigenvalue weighted by atomic mass is 10.1. The first kappa shape index (κ1) is 15.8. The molecule has 1 aromatic heterocycles. The molecule has 110 valence electrons. The molecule has 1 aromatic carbocycles. The zero-order valence-electron chi connectivity index (χ0n) is 12.2. The van der Waals surface area contributed by atoms with Crippen LogP contribution in [0.4, 0.5) is 0 Å². The lowest BCUT2D eigenvalue weighted by Gasteiger charge is -2.17. The van der Waals surface area contributed by atoms with E-state index >= 15 is 0 Å². The fraction of sp³-hybridized carbons (Fsp3) is 0.562. The van der Waals surface area contributed by atoms with Crippen molar-refractivity contribution >= 4 is 38.6 Å². The summed E-state index contributed by atoms with van der Waals surface area (Å²) in [5, 5.41) is 0. The Morgan fingerprint density at radius 2 is 2.15 bits per heavy atom. The van der Waals surface area contributed by atoms with E-state index in [4.69, 9.17) is 16.6 Å². The van der Waals surface area contributed by atoms with Gasteiger partial charge in [0, 0.05) is 22.8 Å². The van der Waals surface area contributed by atoms with Gasteiger partial charge in [0.2, 0.25) is 0 Å². The van der Waals surface area contributed by atoms with Gasteiger partial charge in [0.1, 0.15) is 5.82 Å². The highest BCUT2D eigenvalue weighted by Gasteiger charge is 2.15. The predicted octanol–water partition coefficient (Wildman–Crippen LogP) is 5.72. The number of halogens is 2. The molecule has 0 radical (unpaired) electrons. The van der Waals surface area contributed by atoms with E-state index in [0.29, 0.717) is 11.9 Å². The van der Waals surface area contributed by atoms with Crippen LogP contribution in [0, 0.1) is 0 Å². The molecular weight excluding hydrogens is 336 g/mol. The van der Waals surface area contributed by atoms with Gasteiger partial charge >= 0.3 is 0 Å². The Labute approximate surface area is 134 Å². The van der Waals surface area contributed by atoms with Gasteiger partial charge in [-0.15, -0.1) is 11.6 Å². The topological polar surface area (TPSA) is 17.8 Å². The monoisotopic (exact) mass is 356 g/mol. The number of hydrogen-bond donors (Lipinski definition) is 0. The summed E-state index contributed by atoms with van der Waals surface area (Å²) >= 11 is 9.50. The van der Waals surface area contributed by atoms with Crippen LogP contribution >= 0.6 is 27.5 Å². The first-order valence-corrected chi connectivity index (χ1v) is 8.72. The fourth-order valence-corrected chi connectivity index (χ4v) is 3.21. The highest BCUT2D eigenvalue weighted by atomic mass is 79.9. The Balaban J connectivity index is 2.36. The maximum absolute atomic E-state index is 5.94. The lowest BCUT2D eigenvalue weighted by molar-refractivity contribution is 0.474. The number of imidazole rings is 1. The van der Waals surface area contributed by atoms with Gasteiger partial charge in [-0.25, -0.2) is 4.98 Å². The lowest BCUT2D eigenvalue weighted by Crippen LogP contribution is -2.10. The van der Waals surface area contributed by atoms with Crippen molar-refractivity contribution in [3.05, 3.63) is 28.5 Å². The van der Waals surface area contributed by atoms with E-state index in [-0.39, 0.29) is 0 Å². The number of benzene rings is 1. The third kappa shape index (κ3) is 3.56. The molecule has 0 saturated heterocycles. The minimum absolute atomic E-state index is 0.471. The van der Waals surface area contributed by atoms with Crippen molar-refractivity contribution in [2.75, 3.05) is 5.88 Å². The molecule has 0 bridgehead atoms. The molecule has 2 aromatic rings. The summed E-state index contributed by atoms with van der Waals surface area (Å²) in [5.74, 6) is 1.73. The van der Waals surface area contributed by atoms with Crippen LogP contribution < -0.4 is 0 Å². The quantitative estimate of drug-likeness (QED) is 0.457. The molecule has 20 heavy (non-hydrogen) atoms. The summed E-state index contributed by atoms with van der Waals surface area (Å²) in [7, 11) is 0. The molecule has 2 rings (SSSR count). The Morgan fingerprint density at radius 1 is 1.35 bits per heavy atom. The number of rotatable bonds is 7. The van der Waals surface area contributed by atoms with Gasteiger partial charge in [-0.1, -0.05) is 42.1 Å². The second-order valence-electron chi connectivity index (χ2n) is 5.31. The molecule has 1 atom stereocenters. The van der Waals surface area contributed by atoms with E-state index in [1.54, 1.807) is 0 Å². The zero-order valence-corrected chi connectivity index (χ0v) is 14.5. The molecule has 0 aliphatic carbocycles. The van der Waals surface area contributed by atoms with Crippen LogP contribution in [0.2, 0.25) is 0 Å². The SMILES string of the molecule is CCCCCC(C)n1c(CCCl)nc2ccc(Br)cc21. The van der Waals surface area contributed by atoms with E-state index in [1.165, 1.54) is 31.2 Å². The standard InChI is InChI=1S/C16H22BrClN2/c1-3-4-5-6-12(2)20-15-11-13(17)7-8-14(15)19-16(20)9-10-18/h7-8,11-12H,3-6,9-10H2,1-2H3. The van der Waals surface area contributed by atoms with Crippen molar-refractivity contribution in [3.8, 4) is 0 Å². The van der Waals surface area contributed by atoms with Crippen molar-refractivity contribution in [3.63, 3.8) is 0 Å². The average Bonchev–Trinajstić information content (AvgIpc) is 2.76. The van der Waals surface area contributed by atoms with Gasteiger partial charge < -0.3 is 4.57 Å². The summed E-state index contributed by atoms with van der Waals surface area (Å²) in [6.45, 7) is 4.53. The molecular formula is C16H22BrClN2. The molecule has 0 N–H and O–H groups in total. The summed E-state index contributed by atoms with van der Waals surface area (Å²) in [4.78, 5) is 4.75. The van der Waals surface area contributed by atoms with E-state index in [0.717, 1.165) is 22.2 Å². The van der Waals surface area contributed by atoms with Crippen LogP contribution in [0.15, 0.2) is 22.7 Å². The minimum Gasteiger partial charge on any atom is -0.325 e. The molecule has 4 heteroatoms. The Bertz CT molecular complexity index is 565. The first-order chi connectivity index (χ1) is 9.67. The van der Waals surface area contributed by atoms with Crippen LogP contribution in [0.1, 0.15) is 51.4 Å². The summed E-state index contributed by atoms with van der Waals surface area (Å²) in [6.07, 6.45) is 5.85. The van der Waals surface area contributed by atoms with Gasteiger partial charge in [0.25, 0.3) is 0 Å². The van der Waals surface area contributed by atoms with Crippen LogP contribution in [0.3, 0.4) is 0 Å². The summed E-state index contributed by atoms with van der Waals surface area (Å²) in [6, 6.07) is 6.76. The predicted molar refractivity (Wildman–Crippen MR) is 90.7 cm³/mol. The molecule has 0 fully saturated rings. The maximum Gasteiger partial charge on any atom is 0.111 e. The van der Waals surface area contributed by atoms with Gasteiger partial charge in [0.05, 0.1) is 11.0 Å². The maximum atomic E-state index is 5.94. The number of nitrogens with zero attached hydrogens (tertiary/aromatic N) is 2. The first-order valence-electron chi connectivity index (χ1n) is 7.39. The largest absolute Gasteiger partial charge is 0.325 e. The molecule has 0 aliphatic heterocycles. The average molecular weight is 358 g/mol. The number of hydrogen-bond acceptors (Lipinski definition) is 1. The number of unbranched alkanes of at least 4 members (excludes halogenated alkanes) is 2. The zero-order chi connectivity index (χ0) is 14.5. The van der Waals surface area contributed by atoms with Crippen molar-refractivity contribution in [2.45, 2.75) is 52.0 Å². The summed E-state index contributed by atoms with van der Waals surface area (Å²) < 4.78 is 3.47. The van der Waals surface area contributed by atoms with Gasteiger partial charge in [-0.2, -0.15) is 0 Å². The molecule has 0 amide bonds. The molecule has 1 heterocycles. The van der Waals surface area contributed by atoms with E-state index in [1.807, 2.05) is 6.07 Å². The van der Waals surface area contributed by atoms with E-state index in [2.05, 4.69) is 46.5 Å². The molecule has 0 spiro atoms.